The van der Waals surface area contributed by atoms with Crippen molar-refractivity contribution >= 4 is 52.1 Å². The van der Waals surface area contributed by atoms with Gasteiger partial charge in [0.15, 0.2) is 5.17 Å². The Kier molecular flexibility index (Phi) is 5.93. The average Bonchev–Trinajstić information content (AvgIpc) is 2.90. The summed E-state index contributed by atoms with van der Waals surface area (Å²) in [7, 11) is 1.58. The van der Waals surface area contributed by atoms with E-state index in [1.165, 1.54) is 23.1 Å². The van der Waals surface area contributed by atoms with Crippen LogP contribution in [0.4, 0.5) is 10.1 Å². The molecule has 27 heavy (non-hydrogen) atoms. The Hall–Kier alpha value is -2.64. The molecule has 0 atom stereocenters. The Morgan fingerprint density at radius 1 is 1.30 bits per heavy atom. The first-order valence-electron chi connectivity index (χ1n) is 7.94. The zero-order chi connectivity index (χ0) is 19.4. The Morgan fingerprint density at radius 3 is 2.74 bits per heavy atom. The molecule has 5 nitrogen and oxygen atoms in total. The third kappa shape index (κ3) is 4.96. The molecule has 1 N–H and O–H groups in total. The van der Waals surface area contributed by atoms with E-state index in [1.807, 2.05) is 0 Å². The number of halogens is 2. The standard InChI is InChI=1S/C19H15ClFN3O2S/c1-24-18(26)16(10-12-3-2-4-14(21)9-12)23-19(24)27-11-17(25)22-15-7-5-13(20)6-8-15/h2-10H,11H2,1H3,(H,22,25)/b16-10+. The fourth-order valence-corrected chi connectivity index (χ4v) is 3.22. The molecule has 0 fully saturated rings. The van der Waals surface area contributed by atoms with Gasteiger partial charge in [0, 0.05) is 17.8 Å². The normalized spacial score (nSPS) is 15.2. The molecule has 0 aliphatic carbocycles. The monoisotopic (exact) mass is 403 g/mol. The molecule has 2 aromatic rings. The van der Waals surface area contributed by atoms with Crippen LogP contribution in [0, 0.1) is 5.82 Å². The highest BCUT2D eigenvalue weighted by Crippen LogP contribution is 2.23. The van der Waals surface area contributed by atoms with Crippen molar-refractivity contribution in [1.82, 2.24) is 4.90 Å². The lowest BCUT2D eigenvalue weighted by Crippen LogP contribution is -2.27. The van der Waals surface area contributed by atoms with Gasteiger partial charge in [-0.3, -0.25) is 14.5 Å². The number of nitrogens with one attached hydrogen (secondary N) is 1. The highest BCUT2D eigenvalue weighted by Gasteiger charge is 2.27. The predicted octanol–water partition coefficient (Wildman–Crippen LogP) is 4.02. The molecular formula is C19H15ClFN3O2S. The molecule has 0 bridgehead atoms. The number of likely N-dealkylation sites (N-methyl/N-ethyl adjacent to an activating group) is 1. The van der Waals surface area contributed by atoms with E-state index in [1.54, 1.807) is 43.4 Å². The van der Waals surface area contributed by atoms with Gasteiger partial charge in [-0.05, 0) is 48.0 Å². The van der Waals surface area contributed by atoms with E-state index in [0.29, 0.717) is 21.4 Å². The van der Waals surface area contributed by atoms with Crippen molar-refractivity contribution in [2.24, 2.45) is 4.99 Å². The topological polar surface area (TPSA) is 61.8 Å². The lowest BCUT2D eigenvalue weighted by Gasteiger charge is -2.10. The first-order valence-corrected chi connectivity index (χ1v) is 9.31. The number of carbonyl (C=O) groups is 2. The quantitative estimate of drug-likeness (QED) is 0.784. The maximum absolute atomic E-state index is 13.3. The second-order valence-corrected chi connectivity index (χ2v) is 7.07. The first kappa shape index (κ1) is 19.1. The van der Waals surface area contributed by atoms with Crippen molar-refractivity contribution in [2.45, 2.75) is 0 Å². The van der Waals surface area contributed by atoms with Crippen molar-refractivity contribution in [3.63, 3.8) is 0 Å². The Morgan fingerprint density at radius 2 is 2.04 bits per heavy atom. The third-order valence-electron chi connectivity index (χ3n) is 3.64. The largest absolute Gasteiger partial charge is 0.325 e. The van der Waals surface area contributed by atoms with Crippen molar-refractivity contribution in [3.05, 3.63) is 70.6 Å². The van der Waals surface area contributed by atoms with E-state index in [-0.39, 0.29) is 29.1 Å². The third-order valence-corrected chi connectivity index (χ3v) is 4.92. The predicted molar refractivity (Wildman–Crippen MR) is 107 cm³/mol. The maximum Gasteiger partial charge on any atom is 0.278 e. The van der Waals surface area contributed by atoms with Crippen LogP contribution in [0.1, 0.15) is 5.56 Å². The van der Waals surface area contributed by atoms with E-state index >= 15 is 0 Å². The SMILES string of the molecule is CN1C(=O)/C(=C\c2cccc(F)c2)N=C1SCC(=O)Nc1ccc(Cl)cc1. The molecule has 1 aliphatic rings. The summed E-state index contributed by atoms with van der Waals surface area (Å²) < 4.78 is 13.3. The number of benzene rings is 2. The zero-order valence-corrected chi connectivity index (χ0v) is 15.9. The molecule has 8 heteroatoms. The number of amidine groups is 1. The molecule has 0 aromatic heterocycles. The fraction of sp³-hybridized carbons (Fsp3) is 0.105. The van der Waals surface area contributed by atoms with Crippen molar-refractivity contribution in [2.75, 3.05) is 18.1 Å². The van der Waals surface area contributed by atoms with Gasteiger partial charge in [0.1, 0.15) is 11.5 Å². The summed E-state index contributed by atoms with van der Waals surface area (Å²) in [6, 6.07) is 12.7. The van der Waals surface area contributed by atoms with Crippen molar-refractivity contribution < 1.29 is 14.0 Å². The summed E-state index contributed by atoms with van der Waals surface area (Å²) in [4.78, 5) is 30.0. The highest BCUT2D eigenvalue weighted by molar-refractivity contribution is 8.14. The summed E-state index contributed by atoms with van der Waals surface area (Å²) in [5.74, 6) is -0.833. The van der Waals surface area contributed by atoms with Crippen molar-refractivity contribution in [3.8, 4) is 0 Å². The lowest BCUT2D eigenvalue weighted by molar-refractivity contribution is -0.121. The molecule has 3 rings (SSSR count). The molecule has 0 radical (unpaired) electrons. The number of aliphatic imine (C=N–C) groups is 1. The van der Waals surface area contributed by atoms with E-state index in [0.717, 1.165) is 11.8 Å². The molecule has 0 unspecified atom stereocenters. The smallest absolute Gasteiger partial charge is 0.278 e. The summed E-state index contributed by atoms with van der Waals surface area (Å²) in [5.41, 5.74) is 1.38. The molecule has 2 aromatic carbocycles. The molecule has 1 aliphatic heterocycles. The second kappa shape index (κ2) is 8.37. The van der Waals surface area contributed by atoms with Crippen LogP contribution in [0.5, 0.6) is 0 Å². The number of amides is 2. The van der Waals surface area contributed by atoms with Crippen LogP contribution in [0.2, 0.25) is 5.02 Å². The minimum absolute atomic E-state index is 0.0896. The van der Waals surface area contributed by atoms with Gasteiger partial charge in [-0.1, -0.05) is 35.5 Å². The lowest BCUT2D eigenvalue weighted by atomic mass is 10.2. The minimum Gasteiger partial charge on any atom is -0.325 e. The van der Waals surface area contributed by atoms with Crippen LogP contribution in [-0.2, 0) is 9.59 Å². The number of rotatable bonds is 4. The van der Waals surface area contributed by atoms with Gasteiger partial charge in [0.25, 0.3) is 5.91 Å². The second-order valence-electron chi connectivity index (χ2n) is 5.69. The molecule has 1 heterocycles. The molecular weight excluding hydrogens is 389 g/mol. The van der Waals surface area contributed by atoms with Gasteiger partial charge in [0.05, 0.1) is 5.75 Å². The molecule has 138 valence electrons. The summed E-state index contributed by atoms with van der Waals surface area (Å²) >= 11 is 6.96. The fourth-order valence-electron chi connectivity index (χ4n) is 2.32. The van der Waals surface area contributed by atoms with Gasteiger partial charge in [-0.2, -0.15) is 0 Å². The number of nitrogens with zero attached hydrogens (tertiary/aromatic N) is 2. The Bertz CT molecular complexity index is 944. The Labute approximate surface area is 164 Å². The van der Waals surface area contributed by atoms with Crippen LogP contribution < -0.4 is 5.32 Å². The molecule has 0 saturated carbocycles. The minimum atomic E-state index is -0.388. The van der Waals surface area contributed by atoms with E-state index < -0.39 is 0 Å². The molecule has 2 amide bonds. The number of anilines is 1. The van der Waals surface area contributed by atoms with Gasteiger partial charge in [0.2, 0.25) is 5.91 Å². The van der Waals surface area contributed by atoms with E-state index in [4.69, 9.17) is 11.6 Å². The van der Waals surface area contributed by atoms with Crippen LogP contribution in [0.3, 0.4) is 0 Å². The van der Waals surface area contributed by atoms with E-state index in [9.17, 15) is 14.0 Å². The number of thioether (sulfide) groups is 1. The van der Waals surface area contributed by atoms with Gasteiger partial charge < -0.3 is 5.32 Å². The highest BCUT2D eigenvalue weighted by atomic mass is 35.5. The first-order chi connectivity index (χ1) is 12.9. The number of hydrogen-bond acceptors (Lipinski definition) is 4. The van der Waals surface area contributed by atoms with Crippen molar-refractivity contribution in [1.29, 1.82) is 0 Å². The van der Waals surface area contributed by atoms with E-state index in [2.05, 4.69) is 10.3 Å². The molecule has 0 saturated heterocycles. The summed E-state index contributed by atoms with van der Waals surface area (Å²) in [6.45, 7) is 0. The zero-order valence-electron chi connectivity index (χ0n) is 14.3. The van der Waals surface area contributed by atoms with Gasteiger partial charge in [-0.15, -0.1) is 0 Å². The van der Waals surface area contributed by atoms with Crippen LogP contribution in [0.25, 0.3) is 6.08 Å². The number of carbonyl (C=O) groups excluding carboxylic acids is 2. The van der Waals surface area contributed by atoms with Gasteiger partial charge >= 0.3 is 0 Å². The van der Waals surface area contributed by atoms with Crippen LogP contribution in [0.15, 0.2) is 59.2 Å². The maximum atomic E-state index is 13.3. The summed E-state index contributed by atoms with van der Waals surface area (Å²) in [6.07, 6.45) is 1.52. The molecule has 0 spiro atoms. The Balaban J connectivity index is 1.64. The van der Waals surface area contributed by atoms with Crippen LogP contribution >= 0.6 is 23.4 Å². The number of hydrogen-bond donors (Lipinski definition) is 1. The van der Waals surface area contributed by atoms with Gasteiger partial charge in [-0.25, -0.2) is 9.38 Å². The average molecular weight is 404 g/mol. The van der Waals surface area contributed by atoms with Crippen LogP contribution in [-0.4, -0.2) is 34.7 Å². The summed E-state index contributed by atoms with van der Waals surface area (Å²) in [5, 5.41) is 3.74.